The number of nitrogens with two attached hydrogens (primary N) is 1. The molecule has 4 nitrogen and oxygen atoms in total. The number of carbonyl (C=O) groups is 1. The molecule has 3 N–H and O–H groups in total. The summed E-state index contributed by atoms with van der Waals surface area (Å²) in [6, 6.07) is 5.61. The zero-order valence-electron chi connectivity index (χ0n) is 9.81. The second-order valence-electron chi connectivity index (χ2n) is 4.09. The lowest BCUT2D eigenvalue weighted by Crippen LogP contribution is -2.29. The van der Waals surface area contributed by atoms with E-state index in [1.165, 1.54) is 0 Å². The van der Waals surface area contributed by atoms with E-state index >= 15 is 0 Å². The largest absolute Gasteiger partial charge is 0.348 e. The van der Waals surface area contributed by atoms with Gasteiger partial charge in [0.2, 0.25) is 5.91 Å². The molecule has 1 unspecified atom stereocenters. The Labute approximate surface area is 96.3 Å². The maximum atomic E-state index is 11.6. The van der Waals surface area contributed by atoms with Crippen molar-refractivity contribution in [1.29, 1.82) is 0 Å². The van der Waals surface area contributed by atoms with Crippen LogP contribution in [0.15, 0.2) is 24.4 Å². The normalized spacial score (nSPS) is 14.2. The number of nitrogens with one attached hydrogen (secondary N) is 1. The summed E-state index contributed by atoms with van der Waals surface area (Å²) in [4.78, 5) is 15.8. The van der Waals surface area contributed by atoms with Gasteiger partial charge in [-0.15, -0.1) is 0 Å². The van der Waals surface area contributed by atoms with Gasteiger partial charge in [0, 0.05) is 12.6 Å². The number of carbonyl (C=O) groups excluding carboxylic acids is 1. The number of aromatic nitrogens is 1. The molecule has 0 aliphatic carbocycles. The zero-order valence-corrected chi connectivity index (χ0v) is 9.81. The highest BCUT2D eigenvalue weighted by Gasteiger charge is 2.12. The van der Waals surface area contributed by atoms with Gasteiger partial charge in [0.25, 0.3) is 0 Å². The maximum Gasteiger partial charge on any atom is 0.220 e. The lowest BCUT2D eigenvalue weighted by atomic mass is 10.1. The van der Waals surface area contributed by atoms with Crippen molar-refractivity contribution >= 4 is 5.91 Å². The van der Waals surface area contributed by atoms with Gasteiger partial charge < -0.3 is 11.1 Å². The molecule has 0 spiro atoms. The van der Waals surface area contributed by atoms with Crippen molar-refractivity contribution in [2.45, 2.75) is 26.3 Å². The lowest BCUT2D eigenvalue weighted by Gasteiger charge is -2.14. The first-order chi connectivity index (χ1) is 7.63. The van der Waals surface area contributed by atoms with Gasteiger partial charge in [-0.25, -0.2) is 0 Å². The van der Waals surface area contributed by atoms with Crippen LogP contribution in [0.4, 0.5) is 0 Å². The number of rotatable bonds is 5. The van der Waals surface area contributed by atoms with Gasteiger partial charge in [-0.3, -0.25) is 9.78 Å². The van der Waals surface area contributed by atoms with Crippen LogP contribution in [0, 0.1) is 5.92 Å². The fraction of sp³-hybridized carbons (Fsp3) is 0.500. The highest BCUT2D eigenvalue weighted by Crippen LogP contribution is 2.09. The molecule has 0 radical (unpaired) electrons. The number of nitrogens with zero attached hydrogens (tertiary/aromatic N) is 1. The Morgan fingerprint density at radius 3 is 2.81 bits per heavy atom. The minimum absolute atomic E-state index is 0.0242. The second kappa shape index (κ2) is 6.23. The number of pyridine rings is 1. The van der Waals surface area contributed by atoms with Gasteiger partial charge in [-0.2, -0.15) is 0 Å². The van der Waals surface area contributed by atoms with E-state index < -0.39 is 0 Å². The summed E-state index contributed by atoms with van der Waals surface area (Å²) in [5, 5.41) is 2.90. The van der Waals surface area contributed by atoms with E-state index in [9.17, 15) is 4.79 Å². The van der Waals surface area contributed by atoms with Crippen LogP contribution in [0.5, 0.6) is 0 Å². The summed E-state index contributed by atoms with van der Waals surface area (Å²) in [5.41, 5.74) is 6.34. The Balaban J connectivity index is 2.46. The van der Waals surface area contributed by atoms with E-state index in [4.69, 9.17) is 5.73 Å². The quantitative estimate of drug-likeness (QED) is 0.786. The number of hydrogen-bond donors (Lipinski definition) is 2. The van der Waals surface area contributed by atoms with Gasteiger partial charge in [0.05, 0.1) is 11.7 Å². The Bertz CT molecular complexity index is 326. The molecule has 1 aromatic heterocycles. The number of amides is 1. The fourth-order valence-corrected chi connectivity index (χ4v) is 1.41. The van der Waals surface area contributed by atoms with Gasteiger partial charge in [0.15, 0.2) is 0 Å². The Morgan fingerprint density at radius 1 is 1.50 bits per heavy atom. The standard InChI is InChI=1S/C12H19N3O/c1-9(8-13)7-12(16)15-10(2)11-5-3-4-6-14-11/h3-6,9-10H,7-8,13H2,1-2H3,(H,15,16)/t9?,10-/m1/s1. The molecule has 1 aromatic rings. The van der Waals surface area contributed by atoms with Crippen LogP contribution in [0.2, 0.25) is 0 Å². The third-order valence-corrected chi connectivity index (χ3v) is 2.45. The molecule has 16 heavy (non-hydrogen) atoms. The molecule has 1 heterocycles. The van der Waals surface area contributed by atoms with Gasteiger partial charge in [-0.1, -0.05) is 13.0 Å². The number of hydrogen-bond acceptors (Lipinski definition) is 3. The molecule has 2 atom stereocenters. The van der Waals surface area contributed by atoms with Crippen LogP contribution in [-0.2, 0) is 4.79 Å². The predicted octanol–water partition coefficient (Wildman–Crippen LogP) is 1.24. The molecule has 0 bridgehead atoms. The van der Waals surface area contributed by atoms with Crippen molar-refractivity contribution < 1.29 is 4.79 Å². The van der Waals surface area contributed by atoms with E-state index in [0.717, 1.165) is 5.69 Å². The summed E-state index contributed by atoms with van der Waals surface area (Å²) >= 11 is 0. The van der Waals surface area contributed by atoms with E-state index in [-0.39, 0.29) is 17.9 Å². The van der Waals surface area contributed by atoms with Crippen molar-refractivity contribution in [2.75, 3.05) is 6.54 Å². The van der Waals surface area contributed by atoms with Crippen molar-refractivity contribution in [3.05, 3.63) is 30.1 Å². The van der Waals surface area contributed by atoms with Crippen molar-refractivity contribution in [1.82, 2.24) is 10.3 Å². The fourth-order valence-electron chi connectivity index (χ4n) is 1.41. The van der Waals surface area contributed by atoms with Crippen LogP contribution in [-0.4, -0.2) is 17.4 Å². The first-order valence-electron chi connectivity index (χ1n) is 5.53. The highest BCUT2D eigenvalue weighted by atomic mass is 16.1. The summed E-state index contributed by atoms with van der Waals surface area (Å²) < 4.78 is 0. The van der Waals surface area contributed by atoms with Crippen LogP contribution >= 0.6 is 0 Å². The lowest BCUT2D eigenvalue weighted by molar-refractivity contribution is -0.122. The molecule has 0 saturated heterocycles. The average Bonchev–Trinajstić information content (AvgIpc) is 2.29. The molecular formula is C12H19N3O. The molecule has 88 valence electrons. The first kappa shape index (κ1) is 12.6. The third kappa shape index (κ3) is 3.98. The topological polar surface area (TPSA) is 68.0 Å². The molecular weight excluding hydrogens is 202 g/mol. The minimum atomic E-state index is -0.0568. The predicted molar refractivity (Wildman–Crippen MR) is 63.6 cm³/mol. The zero-order chi connectivity index (χ0) is 12.0. The van der Waals surface area contributed by atoms with Crippen LogP contribution < -0.4 is 11.1 Å². The van der Waals surface area contributed by atoms with E-state index in [1.807, 2.05) is 32.0 Å². The summed E-state index contributed by atoms with van der Waals surface area (Å²) in [5.74, 6) is 0.243. The average molecular weight is 221 g/mol. The van der Waals surface area contributed by atoms with Crippen molar-refractivity contribution in [3.63, 3.8) is 0 Å². The van der Waals surface area contributed by atoms with E-state index in [0.29, 0.717) is 13.0 Å². The molecule has 0 fully saturated rings. The van der Waals surface area contributed by atoms with Crippen LogP contribution in [0.25, 0.3) is 0 Å². The maximum absolute atomic E-state index is 11.6. The van der Waals surface area contributed by atoms with Gasteiger partial charge >= 0.3 is 0 Å². The first-order valence-corrected chi connectivity index (χ1v) is 5.53. The summed E-state index contributed by atoms with van der Waals surface area (Å²) in [6.07, 6.45) is 2.19. The Hall–Kier alpha value is -1.42. The molecule has 4 heteroatoms. The van der Waals surface area contributed by atoms with Crippen molar-refractivity contribution in [3.8, 4) is 0 Å². The van der Waals surface area contributed by atoms with E-state index in [2.05, 4.69) is 10.3 Å². The molecule has 0 saturated carbocycles. The van der Waals surface area contributed by atoms with Crippen LogP contribution in [0.3, 0.4) is 0 Å². The highest BCUT2D eigenvalue weighted by molar-refractivity contribution is 5.76. The van der Waals surface area contributed by atoms with Gasteiger partial charge in [0.1, 0.15) is 0 Å². The molecule has 0 aromatic carbocycles. The molecule has 1 amide bonds. The molecule has 0 aliphatic rings. The van der Waals surface area contributed by atoms with Crippen LogP contribution in [0.1, 0.15) is 32.0 Å². The summed E-state index contributed by atoms with van der Waals surface area (Å²) in [7, 11) is 0. The summed E-state index contributed by atoms with van der Waals surface area (Å²) in [6.45, 7) is 4.42. The van der Waals surface area contributed by atoms with Gasteiger partial charge in [-0.05, 0) is 31.5 Å². The Kier molecular flexibility index (Phi) is 4.92. The smallest absolute Gasteiger partial charge is 0.220 e. The molecule has 1 rings (SSSR count). The van der Waals surface area contributed by atoms with E-state index in [1.54, 1.807) is 6.20 Å². The molecule has 0 aliphatic heterocycles. The second-order valence-corrected chi connectivity index (χ2v) is 4.09. The SMILES string of the molecule is CC(CN)CC(=O)N[C@H](C)c1ccccn1. The Morgan fingerprint density at radius 2 is 2.25 bits per heavy atom. The van der Waals surface area contributed by atoms with Crippen molar-refractivity contribution in [2.24, 2.45) is 11.7 Å². The monoisotopic (exact) mass is 221 g/mol. The minimum Gasteiger partial charge on any atom is -0.348 e. The third-order valence-electron chi connectivity index (χ3n) is 2.45.